The number of methoxy groups -OCH3 is 1. The van der Waals surface area contributed by atoms with E-state index in [1.54, 1.807) is 0 Å². The zero-order chi connectivity index (χ0) is 15.1. The maximum atomic E-state index is 11.2. The summed E-state index contributed by atoms with van der Waals surface area (Å²) in [7, 11) is 1.30. The van der Waals surface area contributed by atoms with E-state index < -0.39 is 11.9 Å². The molecular weight excluding hydrogens is 256 g/mol. The average molecular weight is 282 g/mol. The summed E-state index contributed by atoms with van der Waals surface area (Å²) >= 11 is 0. The topological polar surface area (TPSA) is 52.6 Å². The van der Waals surface area contributed by atoms with Gasteiger partial charge in [-0.3, -0.25) is 9.59 Å². The number of hydrogen-bond acceptors (Lipinski definition) is 4. The molecule has 0 aromatic rings. The molecule has 20 heavy (non-hydrogen) atoms. The van der Waals surface area contributed by atoms with Crippen LogP contribution in [0.3, 0.4) is 0 Å². The van der Waals surface area contributed by atoms with Gasteiger partial charge in [-0.25, -0.2) is 0 Å². The highest BCUT2D eigenvalue weighted by atomic mass is 16.5. The van der Waals surface area contributed by atoms with Crippen LogP contribution in [0.4, 0.5) is 0 Å². The summed E-state index contributed by atoms with van der Waals surface area (Å²) in [6.07, 6.45) is 14.5. The minimum atomic E-state index is -0.405. The van der Waals surface area contributed by atoms with Crippen molar-refractivity contribution in [3.63, 3.8) is 0 Å². The summed E-state index contributed by atoms with van der Waals surface area (Å²) in [6.45, 7) is 2.04. The number of carbonyl (C=O) groups excluding carboxylic acids is 2. The first-order valence-electron chi connectivity index (χ1n) is 7.23. The van der Waals surface area contributed by atoms with E-state index >= 15 is 0 Å². The molecule has 0 saturated heterocycles. The van der Waals surface area contributed by atoms with Crippen LogP contribution in [-0.2, 0) is 19.1 Å². The fraction of sp³-hybridized carbons (Fsp3) is 0.625. The van der Waals surface area contributed by atoms with Gasteiger partial charge in [-0.2, -0.15) is 0 Å². The molecule has 0 rings (SSSR count). The van der Waals surface area contributed by atoms with E-state index in [1.807, 2.05) is 13.0 Å². The lowest BCUT2D eigenvalue weighted by Gasteiger charge is -1.99. The van der Waals surface area contributed by atoms with Crippen LogP contribution in [-0.4, -0.2) is 19.0 Å². The van der Waals surface area contributed by atoms with Crippen LogP contribution in [0.5, 0.6) is 0 Å². The van der Waals surface area contributed by atoms with Crippen LogP contribution in [0.2, 0.25) is 0 Å². The lowest BCUT2D eigenvalue weighted by atomic mass is 10.1. The van der Waals surface area contributed by atoms with Gasteiger partial charge in [0.2, 0.25) is 0 Å². The Kier molecular flexibility index (Phi) is 12.7. The van der Waals surface area contributed by atoms with Crippen molar-refractivity contribution in [1.29, 1.82) is 0 Å². The predicted octanol–water partition coefficient (Wildman–Crippen LogP) is 3.91. The van der Waals surface area contributed by atoms with Gasteiger partial charge in [0.25, 0.3) is 0 Å². The number of ether oxygens (including phenoxy) is 2. The first-order valence-corrected chi connectivity index (χ1v) is 7.23. The first kappa shape index (κ1) is 18.4. The molecule has 0 saturated carbocycles. The zero-order valence-electron chi connectivity index (χ0n) is 12.6. The lowest BCUT2D eigenvalue weighted by molar-refractivity contribution is -0.145. The number of esters is 2. The lowest BCUT2D eigenvalue weighted by Crippen LogP contribution is -2.06. The van der Waals surface area contributed by atoms with Gasteiger partial charge in [0.15, 0.2) is 0 Å². The number of carbonyl (C=O) groups is 2. The molecule has 0 aliphatic carbocycles. The molecule has 0 atom stereocenters. The second kappa shape index (κ2) is 13.8. The van der Waals surface area contributed by atoms with E-state index in [9.17, 15) is 9.59 Å². The largest absolute Gasteiger partial charge is 0.469 e. The molecule has 0 aromatic heterocycles. The summed E-state index contributed by atoms with van der Waals surface area (Å²) in [5.41, 5.74) is 0. The van der Waals surface area contributed by atoms with Gasteiger partial charge in [0.05, 0.1) is 26.2 Å². The molecule has 0 aliphatic heterocycles. The zero-order valence-corrected chi connectivity index (χ0v) is 12.6. The Hall–Kier alpha value is -1.58. The van der Waals surface area contributed by atoms with Crippen LogP contribution in [0.15, 0.2) is 24.5 Å². The number of unbranched alkanes of at least 4 members (excludes halogenated alkanes) is 5. The summed E-state index contributed by atoms with van der Waals surface area (Å²) in [4.78, 5) is 22.0. The molecule has 0 bridgehead atoms. The maximum absolute atomic E-state index is 11.2. The average Bonchev–Trinajstić information content (AvgIpc) is 2.46. The summed E-state index contributed by atoms with van der Waals surface area (Å²) in [5.74, 6) is -0.804. The molecule has 0 unspecified atom stereocenters. The quantitative estimate of drug-likeness (QED) is 0.249. The fourth-order valence-electron chi connectivity index (χ4n) is 1.60. The third-order valence-corrected chi connectivity index (χ3v) is 2.78. The van der Waals surface area contributed by atoms with Gasteiger partial charge < -0.3 is 9.47 Å². The monoisotopic (exact) mass is 282 g/mol. The molecule has 0 radical (unpaired) electrons. The highest BCUT2D eigenvalue weighted by Gasteiger charge is 2.06. The van der Waals surface area contributed by atoms with E-state index in [-0.39, 0.29) is 12.8 Å². The molecule has 0 aliphatic rings. The molecule has 114 valence electrons. The number of allylic oxidation sites excluding steroid dienone is 3. The summed E-state index contributed by atoms with van der Waals surface area (Å²) in [6, 6.07) is 0. The minimum absolute atomic E-state index is 0.0575. The van der Waals surface area contributed by atoms with Crippen LogP contribution in [0, 0.1) is 0 Å². The minimum Gasteiger partial charge on any atom is -0.469 e. The smallest absolute Gasteiger partial charge is 0.311 e. The van der Waals surface area contributed by atoms with Crippen molar-refractivity contribution in [3.8, 4) is 0 Å². The Labute approximate surface area is 121 Å². The van der Waals surface area contributed by atoms with Crippen molar-refractivity contribution in [2.75, 3.05) is 7.11 Å². The summed E-state index contributed by atoms with van der Waals surface area (Å²) < 4.78 is 9.30. The van der Waals surface area contributed by atoms with Gasteiger partial charge in [0.1, 0.15) is 0 Å². The predicted molar refractivity (Wildman–Crippen MR) is 79.0 cm³/mol. The van der Waals surface area contributed by atoms with E-state index in [0.717, 1.165) is 19.3 Å². The Bertz CT molecular complexity index is 318. The second-order valence-electron chi connectivity index (χ2n) is 4.50. The molecule has 0 aromatic carbocycles. The van der Waals surface area contributed by atoms with Crippen molar-refractivity contribution < 1.29 is 19.1 Å². The van der Waals surface area contributed by atoms with Crippen LogP contribution < -0.4 is 0 Å². The highest BCUT2D eigenvalue weighted by molar-refractivity contribution is 5.77. The third-order valence-electron chi connectivity index (χ3n) is 2.78. The molecular formula is C16H26O4. The SMILES string of the molecule is CC=CCCCCCCC=COC(=O)CCC(=O)OC. The Balaban J connectivity index is 3.38. The van der Waals surface area contributed by atoms with Gasteiger partial charge in [0, 0.05) is 0 Å². The summed E-state index contributed by atoms with van der Waals surface area (Å²) in [5, 5.41) is 0. The van der Waals surface area contributed by atoms with Crippen LogP contribution in [0.25, 0.3) is 0 Å². The van der Waals surface area contributed by atoms with E-state index in [4.69, 9.17) is 4.74 Å². The molecule has 0 fully saturated rings. The highest BCUT2D eigenvalue weighted by Crippen LogP contribution is 2.06. The van der Waals surface area contributed by atoms with Crippen molar-refractivity contribution in [2.45, 2.75) is 58.3 Å². The number of rotatable bonds is 11. The van der Waals surface area contributed by atoms with E-state index in [0.29, 0.717) is 0 Å². The standard InChI is InChI=1S/C16H26O4/c1-3-4-5-6-7-8-9-10-11-14-20-16(18)13-12-15(17)19-2/h3-4,11,14H,5-10,12-13H2,1-2H3. The van der Waals surface area contributed by atoms with Crippen molar-refractivity contribution in [2.24, 2.45) is 0 Å². The maximum Gasteiger partial charge on any atom is 0.311 e. The Morgan fingerprint density at radius 3 is 2.10 bits per heavy atom. The van der Waals surface area contributed by atoms with Gasteiger partial charge in [-0.1, -0.05) is 25.0 Å². The Morgan fingerprint density at radius 2 is 1.50 bits per heavy atom. The molecule has 0 heterocycles. The van der Waals surface area contributed by atoms with E-state index in [1.165, 1.54) is 32.6 Å². The molecule has 0 spiro atoms. The molecule has 4 heteroatoms. The first-order chi connectivity index (χ1) is 9.70. The van der Waals surface area contributed by atoms with Crippen molar-refractivity contribution in [3.05, 3.63) is 24.5 Å². The normalized spacial score (nSPS) is 11.1. The molecule has 0 N–H and O–H groups in total. The van der Waals surface area contributed by atoms with Crippen LogP contribution >= 0.6 is 0 Å². The second-order valence-corrected chi connectivity index (χ2v) is 4.50. The van der Waals surface area contributed by atoms with Gasteiger partial charge in [-0.05, 0) is 38.7 Å². The van der Waals surface area contributed by atoms with Crippen molar-refractivity contribution in [1.82, 2.24) is 0 Å². The Morgan fingerprint density at radius 1 is 0.900 bits per heavy atom. The van der Waals surface area contributed by atoms with Crippen molar-refractivity contribution >= 4 is 11.9 Å². The third kappa shape index (κ3) is 12.9. The van der Waals surface area contributed by atoms with E-state index in [2.05, 4.69) is 16.9 Å². The van der Waals surface area contributed by atoms with Crippen LogP contribution in [0.1, 0.15) is 58.3 Å². The molecule has 4 nitrogen and oxygen atoms in total. The van der Waals surface area contributed by atoms with Gasteiger partial charge >= 0.3 is 11.9 Å². The van der Waals surface area contributed by atoms with Gasteiger partial charge in [-0.15, -0.1) is 0 Å². The number of hydrogen-bond donors (Lipinski definition) is 0. The fourth-order valence-corrected chi connectivity index (χ4v) is 1.60. The molecule has 0 amide bonds.